The van der Waals surface area contributed by atoms with Crippen LogP contribution in [0.2, 0.25) is 0 Å². The van der Waals surface area contributed by atoms with Crippen molar-refractivity contribution in [1.82, 2.24) is 10.2 Å². The van der Waals surface area contributed by atoms with Crippen LogP contribution in [0.25, 0.3) is 0 Å². The average Bonchev–Trinajstić information content (AvgIpc) is 3.19. The SMILES string of the molecule is O=C(O)Oc1ccc([N+](=O)[O-])cc1C1(c2cc[nH]n2)CCCC1. The van der Waals surface area contributed by atoms with E-state index in [1.54, 1.807) is 6.20 Å². The molecular formula is C15H15N3O5. The topological polar surface area (TPSA) is 118 Å². The van der Waals surface area contributed by atoms with E-state index in [0.29, 0.717) is 5.56 Å². The van der Waals surface area contributed by atoms with E-state index in [-0.39, 0.29) is 11.4 Å². The first-order chi connectivity index (χ1) is 11.0. The fraction of sp³-hybridized carbons (Fsp3) is 0.333. The number of rotatable bonds is 4. The highest BCUT2D eigenvalue weighted by Gasteiger charge is 2.42. The second kappa shape index (κ2) is 5.71. The van der Waals surface area contributed by atoms with Gasteiger partial charge in [0, 0.05) is 29.3 Å². The highest BCUT2D eigenvalue weighted by molar-refractivity contribution is 5.64. The molecule has 0 amide bonds. The smallest absolute Gasteiger partial charge is 0.449 e. The first-order valence-corrected chi connectivity index (χ1v) is 7.23. The van der Waals surface area contributed by atoms with Crippen molar-refractivity contribution in [3.05, 3.63) is 51.8 Å². The van der Waals surface area contributed by atoms with Crippen molar-refractivity contribution in [2.24, 2.45) is 0 Å². The summed E-state index contributed by atoms with van der Waals surface area (Å²) in [4.78, 5) is 21.6. The van der Waals surface area contributed by atoms with Crippen LogP contribution < -0.4 is 4.74 Å². The molecule has 0 unspecified atom stereocenters. The zero-order chi connectivity index (χ0) is 16.4. The molecule has 0 spiro atoms. The molecule has 0 radical (unpaired) electrons. The Bertz CT molecular complexity index is 736. The zero-order valence-corrected chi connectivity index (χ0v) is 12.2. The number of H-pyrrole nitrogens is 1. The summed E-state index contributed by atoms with van der Waals surface area (Å²) in [7, 11) is 0. The molecule has 0 bridgehead atoms. The molecule has 1 heterocycles. The lowest BCUT2D eigenvalue weighted by molar-refractivity contribution is -0.385. The number of hydrogen-bond acceptors (Lipinski definition) is 5. The van der Waals surface area contributed by atoms with E-state index in [9.17, 15) is 14.9 Å². The number of non-ortho nitro benzene ring substituents is 1. The minimum atomic E-state index is -1.45. The van der Waals surface area contributed by atoms with Crippen molar-refractivity contribution in [1.29, 1.82) is 0 Å². The molecule has 1 saturated carbocycles. The summed E-state index contributed by atoms with van der Waals surface area (Å²) in [6, 6.07) is 5.80. The summed E-state index contributed by atoms with van der Waals surface area (Å²) < 4.78 is 4.87. The van der Waals surface area contributed by atoms with Crippen LogP contribution >= 0.6 is 0 Å². The Balaban J connectivity index is 2.19. The van der Waals surface area contributed by atoms with Gasteiger partial charge >= 0.3 is 6.16 Å². The Hall–Kier alpha value is -2.90. The van der Waals surface area contributed by atoms with Gasteiger partial charge in [-0.15, -0.1) is 0 Å². The lowest BCUT2D eigenvalue weighted by Crippen LogP contribution is -2.26. The quantitative estimate of drug-likeness (QED) is 0.387. The van der Waals surface area contributed by atoms with E-state index >= 15 is 0 Å². The van der Waals surface area contributed by atoms with Crippen LogP contribution in [-0.2, 0) is 5.41 Å². The first-order valence-electron chi connectivity index (χ1n) is 7.23. The van der Waals surface area contributed by atoms with Gasteiger partial charge in [-0.05, 0) is 25.0 Å². The number of nitro benzene ring substituents is 1. The molecule has 0 atom stereocenters. The molecule has 0 aliphatic heterocycles. The molecule has 8 nitrogen and oxygen atoms in total. The maximum absolute atomic E-state index is 11.1. The number of carbonyl (C=O) groups is 1. The maximum atomic E-state index is 11.1. The van der Waals surface area contributed by atoms with Crippen LogP contribution in [0.1, 0.15) is 36.9 Å². The van der Waals surface area contributed by atoms with Crippen molar-refractivity contribution in [2.75, 3.05) is 0 Å². The van der Waals surface area contributed by atoms with E-state index in [4.69, 9.17) is 9.84 Å². The molecule has 1 aromatic carbocycles. The summed E-state index contributed by atoms with van der Waals surface area (Å²) in [5.74, 6) is 0.119. The molecule has 1 fully saturated rings. The van der Waals surface area contributed by atoms with Crippen molar-refractivity contribution in [3.8, 4) is 5.75 Å². The maximum Gasteiger partial charge on any atom is 0.511 e. The number of benzene rings is 1. The van der Waals surface area contributed by atoms with E-state index < -0.39 is 16.5 Å². The highest BCUT2D eigenvalue weighted by atomic mass is 16.7. The molecule has 3 rings (SSSR count). The van der Waals surface area contributed by atoms with Crippen LogP contribution in [-0.4, -0.2) is 26.4 Å². The lowest BCUT2D eigenvalue weighted by atomic mass is 9.75. The normalized spacial score (nSPS) is 16.2. The van der Waals surface area contributed by atoms with E-state index in [1.165, 1.54) is 18.2 Å². The molecule has 120 valence electrons. The van der Waals surface area contributed by atoms with Crippen molar-refractivity contribution in [3.63, 3.8) is 0 Å². The van der Waals surface area contributed by atoms with Gasteiger partial charge in [0.15, 0.2) is 0 Å². The fourth-order valence-corrected chi connectivity index (χ4v) is 3.36. The third kappa shape index (κ3) is 2.63. The van der Waals surface area contributed by atoms with Crippen LogP contribution in [0.15, 0.2) is 30.5 Å². The second-order valence-corrected chi connectivity index (χ2v) is 5.55. The Morgan fingerprint density at radius 3 is 2.65 bits per heavy atom. The number of hydrogen-bond donors (Lipinski definition) is 2. The zero-order valence-electron chi connectivity index (χ0n) is 12.2. The molecule has 0 saturated heterocycles. The van der Waals surface area contributed by atoms with Crippen LogP contribution in [0, 0.1) is 10.1 Å². The van der Waals surface area contributed by atoms with Gasteiger partial charge in [0.1, 0.15) is 5.75 Å². The minimum absolute atomic E-state index is 0.0976. The number of nitrogens with one attached hydrogen (secondary N) is 1. The summed E-state index contributed by atoms with van der Waals surface area (Å²) >= 11 is 0. The van der Waals surface area contributed by atoms with Gasteiger partial charge in [-0.3, -0.25) is 15.2 Å². The van der Waals surface area contributed by atoms with Crippen LogP contribution in [0.5, 0.6) is 5.75 Å². The Morgan fingerprint density at radius 1 is 1.35 bits per heavy atom. The van der Waals surface area contributed by atoms with Crippen LogP contribution in [0.3, 0.4) is 0 Å². The third-order valence-corrected chi connectivity index (χ3v) is 4.33. The standard InChI is InChI=1S/C15H15N3O5/c19-14(20)23-12-4-3-10(18(21)22)9-11(12)15(6-1-2-7-15)13-5-8-16-17-13/h3-5,8-9H,1-2,6-7H2,(H,16,17)(H,19,20). The number of aromatic amines is 1. The second-order valence-electron chi connectivity index (χ2n) is 5.55. The van der Waals surface area contributed by atoms with E-state index in [1.807, 2.05) is 6.07 Å². The monoisotopic (exact) mass is 317 g/mol. The fourth-order valence-electron chi connectivity index (χ4n) is 3.36. The van der Waals surface area contributed by atoms with Gasteiger partial charge in [-0.25, -0.2) is 4.79 Å². The summed E-state index contributed by atoms with van der Waals surface area (Å²) in [6.07, 6.45) is 3.56. The molecule has 1 aromatic heterocycles. The van der Waals surface area contributed by atoms with E-state index in [2.05, 4.69) is 10.2 Å². The molecule has 1 aliphatic rings. The van der Waals surface area contributed by atoms with E-state index in [0.717, 1.165) is 31.4 Å². The van der Waals surface area contributed by atoms with Gasteiger partial charge in [-0.2, -0.15) is 5.10 Å². The summed E-state index contributed by atoms with van der Waals surface area (Å²) in [6.45, 7) is 0. The third-order valence-electron chi connectivity index (χ3n) is 4.33. The van der Waals surface area contributed by atoms with Crippen molar-refractivity contribution in [2.45, 2.75) is 31.1 Å². The molecule has 2 N–H and O–H groups in total. The predicted octanol–water partition coefficient (Wildman–Crippen LogP) is 3.23. The number of aromatic nitrogens is 2. The minimum Gasteiger partial charge on any atom is -0.449 e. The van der Waals surface area contributed by atoms with Gasteiger partial charge < -0.3 is 9.84 Å². The Morgan fingerprint density at radius 2 is 2.09 bits per heavy atom. The predicted molar refractivity (Wildman–Crippen MR) is 79.6 cm³/mol. The van der Waals surface area contributed by atoms with Crippen LogP contribution in [0.4, 0.5) is 10.5 Å². The molecule has 1 aliphatic carbocycles. The summed E-state index contributed by atoms with van der Waals surface area (Å²) in [5, 5.41) is 27.1. The first kappa shape index (κ1) is 15.0. The lowest BCUT2D eigenvalue weighted by Gasteiger charge is -2.28. The Kier molecular flexibility index (Phi) is 3.73. The molecule has 8 heteroatoms. The molecule has 23 heavy (non-hydrogen) atoms. The van der Waals surface area contributed by atoms with Crippen molar-refractivity contribution < 1.29 is 19.6 Å². The van der Waals surface area contributed by atoms with Gasteiger partial charge in [0.05, 0.1) is 10.6 Å². The average molecular weight is 317 g/mol. The number of nitrogens with zero attached hydrogens (tertiary/aromatic N) is 2. The molecule has 2 aromatic rings. The number of carboxylic acid groups (broad SMARTS) is 1. The van der Waals surface area contributed by atoms with Gasteiger partial charge in [0.25, 0.3) is 5.69 Å². The van der Waals surface area contributed by atoms with Gasteiger partial charge in [-0.1, -0.05) is 12.8 Å². The van der Waals surface area contributed by atoms with Gasteiger partial charge in [0.2, 0.25) is 0 Å². The summed E-state index contributed by atoms with van der Waals surface area (Å²) in [5.41, 5.74) is 0.570. The molecular weight excluding hydrogens is 302 g/mol. The highest BCUT2D eigenvalue weighted by Crippen LogP contribution is 2.49. The number of ether oxygens (including phenoxy) is 1. The van der Waals surface area contributed by atoms with Crippen molar-refractivity contribution >= 4 is 11.8 Å². The number of nitro groups is 1. The Labute approximate surface area is 131 Å². The largest absolute Gasteiger partial charge is 0.511 e.